The number of carbonyl (C=O) groups is 1. The summed E-state index contributed by atoms with van der Waals surface area (Å²) in [7, 11) is 0. The molecule has 0 radical (unpaired) electrons. The van der Waals surface area contributed by atoms with E-state index in [1.807, 2.05) is 0 Å². The van der Waals surface area contributed by atoms with Crippen molar-refractivity contribution in [1.29, 1.82) is 5.26 Å². The summed E-state index contributed by atoms with van der Waals surface area (Å²) in [6, 6.07) is 8.60. The second-order valence-electron chi connectivity index (χ2n) is 8.72. The molecule has 8 nitrogen and oxygen atoms in total. The molecule has 3 heterocycles. The number of amides is 1. The van der Waals surface area contributed by atoms with Crippen molar-refractivity contribution < 1.29 is 18.0 Å². The van der Waals surface area contributed by atoms with Gasteiger partial charge in [0.2, 0.25) is 0 Å². The van der Waals surface area contributed by atoms with Crippen LogP contribution in [-0.4, -0.2) is 38.3 Å². The zero-order valence-corrected chi connectivity index (χ0v) is 18.0. The molecule has 1 amide bonds. The van der Waals surface area contributed by atoms with Crippen LogP contribution in [0.15, 0.2) is 35.3 Å². The zero-order chi connectivity index (χ0) is 24.0. The molecule has 1 saturated carbocycles. The Balaban J connectivity index is 1.49. The van der Waals surface area contributed by atoms with Crippen molar-refractivity contribution in [1.82, 2.24) is 19.7 Å². The quantitative estimate of drug-likeness (QED) is 0.593. The smallest absolute Gasteiger partial charge is 0.338 e. The lowest BCUT2D eigenvalue weighted by atomic mass is 9.85. The summed E-state index contributed by atoms with van der Waals surface area (Å²) >= 11 is 0. The normalized spacial score (nSPS) is 20.4. The Morgan fingerprint density at radius 2 is 2.00 bits per heavy atom. The van der Waals surface area contributed by atoms with Crippen molar-refractivity contribution in [2.75, 3.05) is 11.9 Å². The zero-order valence-electron chi connectivity index (χ0n) is 18.0. The first-order valence-corrected chi connectivity index (χ1v) is 11.0. The standard InChI is InChI=1S/C23H21F3N6O2/c24-23(25,26)12-31-11-14-9-15(5-6-16(14)22(31)34)29-20-19-18(7-8-28-21(19)33)32(30-20)17-4-2-1-3-13(17)10-27/h5-9,13,17H,1-4,11-12H2,(H,28,33)(H,29,30)/t13?,17-/m0/s1. The highest BCUT2D eigenvalue weighted by atomic mass is 19.4. The molecule has 2 aromatic heterocycles. The van der Waals surface area contributed by atoms with Gasteiger partial charge in [-0.2, -0.15) is 23.5 Å². The summed E-state index contributed by atoms with van der Waals surface area (Å²) in [6.07, 6.45) is 0.528. The Morgan fingerprint density at radius 1 is 1.21 bits per heavy atom. The summed E-state index contributed by atoms with van der Waals surface area (Å²) in [4.78, 5) is 28.4. The van der Waals surface area contributed by atoms with Gasteiger partial charge < -0.3 is 15.2 Å². The van der Waals surface area contributed by atoms with Gasteiger partial charge in [-0.15, -0.1) is 0 Å². The maximum atomic E-state index is 12.8. The molecule has 1 unspecified atom stereocenters. The number of alkyl halides is 3. The first kappa shape index (κ1) is 22.0. The van der Waals surface area contributed by atoms with Crippen molar-refractivity contribution in [3.05, 3.63) is 51.9 Å². The van der Waals surface area contributed by atoms with Gasteiger partial charge >= 0.3 is 6.18 Å². The third kappa shape index (κ3) is 3.89. The van der Waals surface area contributed by atoms with Gasteiger partial charge in [0, 0.05) is 24.0 Å². The molecule has 3 aromatic rings. The van der Waals surface area contributed by atoms with Crippen LogP contribution >= 0.6 is 0 Å². The van der Waals surface area contributed by atoms with Crippen LogP contribution in [0.5, 0.6) is 0 Å². The minimum atomic E-state index is -4.48. The van der Waals surface area contributed by atoms with E-state index in [2.05, 4.69) is 21.5 Å². The van der Waals surface area contributed by atoms with E-state index in [9.17, 15) is 28.0 Å². The molecule has 0 saturated heterocycles. The van der Waals surface area contributed by atoms with E-state index in [1.54, 1.807) is 22.9 Å². The molecule has 11 heteroatoms. The van der Waals surface area contributed by atoms with E-state index < -0.39 is 18.6 Å². The highest BCUT2D eigenvalue weighted by Crippen LogP contribution is 2.37. The van der Waals surface area contributed by atoms with Crippen molar-refractivity contribution in [2.24, 2.45) is 5.92 Å². The lowest BCUT2D eigenvalue weighted by molar-refractivity contribution is -0.140. The van der Waals surface area contributed by atoms with E-state index in [0.29, 0.717) is 22.2 Å². The number of nitrogens with zero attached hydrogens (tertiary/aromatic N) is 4. The SMILES string of the molecule is N#CC1CCCC[C@@H]1n1nc(Nc2ccc3c(c2)CN(CC(F)(F)F)C3=O)c2c(=O)[nH]ccc21. The number of aromatic nitrogens is 3. The van der Waals surface area contributed by atoms with Crippen molar-refractivity contribution in [2.45, 2.75) is 44.4 Å². The molecule has 0 spiro atoms. The highest BCUT2D eigenvalue weighted by molar-refractivity contribution is 5.99. The van der Waals surface area contributed by atoms with Crippen LogP contribution in [0.4, 0.5) is 24.7 Å². The minimum Gasteiger partial charge on any atom is -0.338 e. The molecule has 2 atom stereocenters. The number of halogens is 3. The fraction of sp³-hybridized carbons (Fsp3) is 0.391. The minimum absolute atomic E-state index is 0.148. The first-order valence-electron chi connectivity index (χ1n) is 11.0. The van der Waals surface area contributed by atoms with Gasteiger partial charge in [-0.1, -0.05) is 12.8 Å². The molecule has 5 rings (SSSR count). The molecule has 1 fully saturated rings. The Morgan fingerprint density at radius 3 is 2.76 bits per heavy atom. The number of carbonyl (C=O) groups excluding carboxylic acids is 1. The summed E-state index contributed by atoms with van der Waals surface area (Å²) in [5.74, 6) is -0.588. The number of fused-ring (bicyclic) bond motifs is 2. The van der Waals surface area contributed by atoms with Crippen molar-refractivity contribution >= 4 is 28.3 Å². The molecule has 176 valence electrons. The number of nitriles is 1. The van der Waals surface area contributed by atoms with Gasteiger partial charge in [-0.05, 0) is 42.7 Å². The number of benzene rings is 1. The number of H-pyrrole nitrogens is 1. The predicted octanol–water partition coefficient (Wildman–Crippen LogP) is 4.24. The molecule has 1 aliphatic carbocycles. The maximum absolute atomic E-state index is 12.8. The largest absolute Gasteiger partial charge is 0.406 e. The van der Waals surface area contributed by atoms with Crippen LogP contribution in [0.3, 0.4) is 0 Å². The topological polar surface area (TPSA) is 107 Å². The average molecular weight is 470 g/mol. The molecular formula is C23H21F3N6O2. The third-order valence-electron chi connectivity index (χ3n) is 6.46. The monoisotopic (exact) mass is 470 g/mol. The van der Waals surface area contributed by atoms with Crippen molar-refractivity contribution in [3.63, 3.8) is 0 Å². The highest BCUT2D eigenvalue weighted by Gasteiger charge is 2.37. The van der Waals surface area contributed by atoms with Gasteiger partial charge in [-0.25, -0.2) is 0 Å². The second-order valence-corrected chi connectivity index (χ2v) is 8.72. The average Bonchev–Trinajstić information content (AvgIpc) is 3.31. The van der Waals surface area contributed by atoms with E-state index in [0.717, 1.165) is 30.6 Å². The predicted molar refractivity (Wildman–Crippen MR) is 117 cm³/mol. The van der Waals surface area contributed by atoms with Crippen LogP contribution in [0.2, 0.25) is 0 Å². The number of anilines is 2. The summed E-state index contributed by atoms with van der Waals surface area (Å²) in [5.41, 5.74) is 1.45. The fourth-order valence-electron chi connectivity index (χ4n) is 4.93. The van der Waals surface area contributed by atoms with Gasteiger partial charge in [-0.3, -0.25) is 14.3 Å². The maximum Gasteiger partial charge on any atom is 0.406 e. The molecule has 1 aliphatic heterocycles. The number of hydrogen-bond acceptors (Lipinski definition) is 5. The first-order chi connectivity index (χ1) is 16.2. The van der Waals surface area contributed by atoms with E-state index in [4.69, 9.17) is 0 Å². The second kappa shape index (κ2) is 8.20. The van der Waals surface area contributed by atoms with Gasteiger partial charge in [0.1, 0.15) is 11.9 Å². The number of pyridine rings is 1. The van der Waals surface area contributed by atoms with Crippen LogP contribution in [0, 0.1) is 17.2 Å². The lowest BCUT2D eigenvalue weighted by Gasteiger charge is -2.27. The Labute approximate surface area is 192 Å². The molecule has 1 aromatic carbocycles. The van der Waals surface area contributed by atoms with Gasteiger partial charge in [0.05, 0.1) is 23.5 Å². The Kier molecular flexibility index (Phi) is 5.31. The Bertz CT molecular complexity index is 1370. The number of aromatic amines is 1. The molecule has 2 N–H and O–H groups in total. The fourth-order valence-corrected chi connectivity index (χ4v) is 4.93. The van der Waals surface area contributed by atoms with Gasteiger partial charge in [0.25, 0.3) is 11.5 Å². The lowest BCUT2D eigenvalue weighted by Crippen LogP contribution is -2.34. The summed E-state index contributed by atoms with van der Waals surface area (Å²) in [5, 5.41) is 17.7. The van der Waals surface area contributed by atoms with Crippen LogP contribution in [0.25, 0.3) is 10.9 Å². The number of nitrogens with one attached hydrogen (secondary N) is 2. The molecule has 34 heavy (non-hydrogen) atoms. The molecular weight excluding hydrogens is 449 g/mol. The number of hydrogen-bond donors (Lipinski definition) is 2. The molecule has 2 aliphatic rings. The van der Waals surface area contributed by atoms with Crippen LogP contribution < -0.4 is 10.9 Å². The summed E-state index contributed by atoms with van der Waals surface area (Å²) < 4.78 is 40.1. The third-order valence-corrected chi connectivity index (χ3v) is 6.46. The van der Waals surface area contributed by atoms with E-state index in [1.165, 1.54) is 12.3 Å². The Hall–Kier alpha value is -3.81. The number of rotatable bonds is 4. The molecule has 0 bridgehead atoms. The van der Waals surface area contributed by atoms with Crippen molar-refractivity contribution in [3.8, 4) is 6.07 Å². The van der Waals surface area contributed by atoms with E-state index in [-0.39, 0.29) is 35.4 Å². The van der Waals surface area contributed by atoms with Crippen LogP contribution in [0.1, 0.15) is 47.6 Å². The van der Waals surface area contributed by atoms with Gasteiger partial charge in [0.15, 0.2) is 5.82 Å². The van der Waals surface area contributed by atoms with Crippen LogP contribution in [-0.2, 0) is 6.54 Å². The summed E-state index contributed by atoms with van der Waals surface area (Å²) in [6.45, 7) is -1.46. The van der Waals surface area contributed by atoms with E-state index >= 15 is 0 Å².